The molecule has 0 unspecified atom stereocenters. The van der Waals surface area contributed by atoms with E-state index < -0.39 is 17.0 Å². The van der Waals surface area contributed by atoms with Gasteiger partial charge in [-0.05, 0) is 12.1 Å². The third-order valence-corrected chi connectivity index (χ3v) is 5.07. The summed E-state index contributed by atoms with van der Waals surface area (Å²) in [4.78, 5) is 50.9. The van der Waals surface area contributed by atoms with Gasteiger partial charge in [-0.3, -0.25) is 23.5 Å². The maximum atomic E-state index is 13.0. The predicted octanol–water partition coefficient (Wildman–Crippen LogP) is 2.50. The van der Waals surface area contributed by atoms with Crippen molar-refractivity contribution in [1.29, 1.82) is 0 Å². The number of aromatic nitrogens is 2. The second kappa shape index (κ2) is 7.90. The van der Waals surface area contributed by atoms with Crippen molar-refractivity contribution in [3.63, 3.8) is 0 Å². The Bertz CT molecular complexity index is 1180. The van der Waals surface area contributed by atoms with Gasteiger partial charge in [0, 0.05) is 35.4 Å². The van der Waals surface area contributed by atoms with Crippen molar-refractivity contribution in [3.8, 4) is 0 Å². The molecule has 2 aromatic carbocycles. The Morgan fingerprint density at radius 1 is 0.857 bits per heavy atom. The number of Topliss-reactive ketones (excluding diaryl/α,β-unsaturated/α-hetero) is 1. The van der Waals surface area contributed by atoms with Crippen molar-refractivity contribution in [1.82, 2.24) is 9.13 Å². The second-order valence-corrected chi connectivity index (χ2v) is 7.25. The maximum absolute atomic E-state index is 13.0. The number of nitrogens with zero attached hydrogens (tertiary/aromatic N) is 2. The molecule has 0 fully saturated rings. The molecule has 1 heterocycles. The van der Waals surface area contributed by atoms with Gasteiger partial charge in [-0.25, -0.2) is 4.79 Å². The number of hydrogen-bond donors (Lipinski definition) is 0. The Morgan fingerprint density at radius 3 is 2.07 bits per heavy atom. The number of rotatable bonds is 5. The van der Waals surface area contributed by atoms with E-state index in [1.54, 1.807) is 54.6 Å². The van der Waals surface area contributed by atoms with Crippen LogP contribution in [0, 0.1) is 0 Å². The third kappa shape index (κ3) is 3.66. The molecule has 0 aliphatic heterocycles. The van der Waals surface area contributed by atoms with Crippen LogP contribution in [0.4, 0.5) is 0 Å². The Kier molecular flexibility index (Phi) is 5.56. The molecule has 142 valence electrons. The highest BCUT2D eigenvalue weighted by Crippen LogP contribution is 2.15. The molecule has 7 heteroatoms. The summed E-state index contributed by atoms with van der Waals surface area (Å²) in [5.74, 6) is -0.812. The highest BCUT2D eigenvalue weighted by Gasteiger charge is 2.24. The molecule has 0 amide bonds. The molecule has 0 radical (unpaired) electrons. The first kappa shape index (κ1) is 19.7. The van der Waals surface area contributed by atoms with Crippen LogP contribution in [0.2, 0.25) is 0 Å². The van der Waals surface area contributed by atoms with Gasteiger partial charge in [0.25, 0.3) is 5.56 Å². The van der Waals surface area contributed by atoms with Crippen LogP contribution in [0.15, 0.2) is 68.7 Å². The largest absolute Gasteiger partial charge is 0.330 e. The molecule has 1 aromatic heterocycles. The van der Waals surface area contributed by atoms with E-state index in [0.29, 0.717) is 11.1 Å². The van der Waals surface area contributed by atoms with Gasteiger partial charge in [0.05, 0.1) is 6.42 Å². The highest BCUT2D eigenvalue weighted by molar-refractivity contribution is 9.10. The lowest BCUT2D eigenvalue weighted by Crippen LogP contribution is -2.43. The Labute approximate surface area is 169 Å². The quantitative estimate of drug-likeness (QED) is 0.571. The van der Waals surface area contributed by atoms with E-state index >= 15 is 0 Å². The van der Waals surface area contributed by atoms with Crippen molar-refractivity contribution in [2.24, 2.45) is 14.1 Å². The fraction of sp³-hybridized carbons (Fsp3) is 0.143. The molecular formula is C21H17BrN2O4. The monoisotopic (exact) mass is 440 g/mol. The zero-order valence-electron chi connectivity index (χ0n) is 15.3. The molecule has 0 N–H and O–H groups in total. The fourth-order valence-corrected chi connectivity index (χ4v) is 3.21. The molecule has 0 spiro atoms. The Morgan fingerprint density at radius 2 is 1.46 bits per heavy atom. The Balaban J connectivity index is 2.15. The van der Waals surface area contributed by atoms with Gasteiger partial charge < -0.3 is 0 Å². The lowest BCUT2D eigenvalue weighted by molar-refractivity contribution is 0.0989. The molecule has 0 saturated carbocycles. The molecule has 0 aliphatic carbocycles. The molecular weight excluding hydrogens is 424 g/mol. The summed E-state index contributed by atoms with van der Waals surface area (Å²) in [6, 6.07) is 15.1. The van der Waals surface area contributed by atoms with Crippen molar-refractivity contribution >= 4 is 27.5 Å². The minimum Gasteiger partial charge on any atom is -0.299 e. The lowest BCUT2D eigenvalue weighted by atomic mass is 9.98. The Hall–Kier alpha value is -3.06. The summed E-state index contributed by atoms with van der Waals surface area (Å²) in [5, 5.41) is 0. The third-order valence-electron chi connectivity index (χ3n) is 4.54. The van der Waals surface area contributed by atoms with Gasteiger partial charge in [-0.15, -0.1) is 0 Å². The molecule has 0 aliphatic rings. The number of hydrogen-bond acceptors (Lipinski definition) is 4. The van der Waals surface area contributed by atoms with E-state index in [1.165, 1.54) is 18.7 Å². The summed E-state index contributed by atoms with van der Waals surface area (Å²) in [7, 11) is 2.76. The predicted molar refractivity (Wildman–Crippen MR) is 109 cm³/mol. The van der Waals surface area contributed by atoms with Crippen LogP contribution >= 0.6 is 15.9 Å². The zero-order valence-corrected chi connectivity index (χ0v) is 16.9. The average Bonchev–Trinajstić information content (AvgIpc) is 2.71. The second-order valence-electron chi connectivity index (χ2n) is 6.33. The summed E-state index contributed by atoms with van der Waals surface area (Å²) in [6.07, 6.45) is -0.239. The van der Waals surface area contributed by atoms with E-state index in [-0.39, 0.29) is 23.5 Å². The van der Waals surface area contributed by atoms with Crippen LogP contribution in [-0.4, -0.2) is 20.7 Å². The maximum Gasteiger partial charge on any atom is 0.330 e. The van der Waals surface area contributed by atoms with Gasteiger partial charge in [-0.2, -0.15) is 0 Å². The summed E-state index contributed by atoms with van der Waals surface area (Å²) in [5.41, 5.74) is -0.620. The molecule has 0 bridgehead atoms. The average molecular weight is 441 g/mol. The summed E-state index contributed by atoms with van der Waals surface area (Å²) >= 11 is 3.31. The van der Waals surface area contributed by atoms with Gasteiger partial charge in [0.2, 0.25) is 0 Å². The van der Waals surface area contributed by atoms with Crippen molar-refractivity contribution < 1.29 is 9.59 Å². The summed E-state index contributed by atoms with van der Waals surface area (Å²) in [6.45, 7) is 0. The number of carbonyl (C=O) groups excluding carboxylic acids is 2. The normalized spacial score (nSPS) is 10.7. The van der Waals surface area contributed by atoms with Gasteiger partial charge >= 0.3 is 5.69 Å². The van der Waals surface area contributed by atoms with Crippen LogP contribution in [0.25, 0.3) is 0 Å². The topological polar surface area (TPSA) is 78.1 Å². The number of benzene rings is 2. The SMILES string of the molecule is Cn1c(CC(=O)c2ccc(Br)cc2)c(C(=O)c2ccccc2)c(=O)n(C)c1=O. The van der Waals surface area contributed by atoms with Gasteiger partial charge in [-0.1, -0.05) is 58.4 Å². The number of halogens is 1. The first-order valence-corrected chi connectivity index (χ1v) is 9.28. The first-order chi connectivity index (χ1) is 13.3. The fourth-order valence-electron chi connectivity index (χ4n) is 2.95. The molecule has 28 heavy (non-hydrogen) atoms. The minimum absolute atomic E-state index is 0.106. The van der Waals surface area contributed by atoms with E-state index in [0.717, 1.165) is 9.04 Å². The molecule has 0 atom stereocenters. The standard InChI is InChI=1S/C21H17BrN2O4/c1-23-16(12-17(25)13-8-10-15(22)11-9-13)18(20(27)24(2)21(23)28)19(26)14-6-4-3-5-7-14/h3-11H,12H2,1-2H3. The first-order valence-electron chi connectivity index (χ1n) is 8.48. The zero-order chi connectivity index (χ0) is 20.4. The van der Waals surface area contributed by atoms with Crippen LogP contribution in [-0.2, 0) is 20.5 Å². The van der Waals surface area contributed by atoms with Gasteiger partial charge in [0.15, 0.2) is 11.6 Å². The molecule has 0 saturated heterocycles. The highest BCUT2D eigenvalue weighted by atomic mass is 79.9. The smallest absolute Gasteiger partial charge is 0.299 e. The van der Waals surface area contributed by atoms with Crippen molar-refractivity contribution in [3.05, 3.63) is 102 Å². The van der Waals surface area contributed by atoms with Crippen LogP contribution in [0.5, 0.6) is 0 Å². The number of carbonyl (C=O) groups is 2. The summed E-state index contributed by atoms with van der Waals surface area (Å²) < 4.78 is 2.89. The van der Waals surface area contributed by atoms with Crippen LogP contribution in [0.1, 0.15) is 32.0 Å². The van der Waals surface area contributed by atoms with Gasteiger partial charge in [0.1, 0.15) is 5.56 Å². The molecule has 6 nitrogen and oxygen atoms in total. The molecule has 3 rings (SSSR count). The lowest BCUT2D eigenvalue weighted by Gasteiger charge is -2.14. The van der Waals surface area contributed by atoms with E-state index in [9.17, 15) is 19.2 Å². The minimum atomic E-state index is -0.712. The van der Waals surface area contributed by atoms with Crippen molar-refractivity contribution in [2.75, 3.05) is 0 Å². The van der Waals surface area contributed by atoms with E-state index in [2.05, 4.69) is 15.9 Å². The molecule has 3 aromatic rings. The van der Waals surface area contributed by atoms with Crippen LogP contribution < -0.4 is 11.2 Å². The number of ketones is 2. The van der Waals surface area contributed by atoms with E-state index in [4.69, 9.17) is 0 Å². The van der Waals surface area contributed by atoms with E-state index in [1.807, 2.05) is 0 Å². The van der Waals surface area contributed by atoms with Crippen molar-refractivity contribution in [2.45, 2.75) is 6.42 Å². The van der Waals surface area contributed by atoms with Crippen LogP contribution in [0.3, 0.4) is 0 Å².